The third-order valence-electron chi connectivity index (χ3n) is 14.4. The molecule has 0 bridgehead atoms. The molecule has 16 nitrogen and oxygen atoms in total. The van der Waals surface area contributed by atoms with Crippen molar-refractivity contribution in [3.8, 4) is 46.0 Å². The number of carbonyl (C=O) groups is 5. The van der Waals surface area contributed by atoms with Gasteiger partial charge in [-0.2, -0.15) is 0 Å². The SMILES string of the molecule is CC(C)=CCCC1(C)C=Cc2c(O)c3c(c(CC=C(C)C)c2O1)OC12C(=CCCC1C(C)(C)OC2(CC=C(C)C(=O)O)C(=O)O)C3=O.COC(=O)c1c(C)c2c(c(C)c1O)OC(=O)c1c(C)c(Cl)c(O)c(Cl)c1O2. The van der Waals surface area contributed by atoms with Crippen molar-refractivity contribution < 1.29 is 77.9 Å². The summed E-state index contributed by atoms with van der Waals surface area (Å²) in [6, 6.07) is 0. The number of aromatic hydroxyl groups is 3. The highest BCUT2D eigenvalue weighted by molar-refractivity contribution is 6.39. The predicted molar refractivity (Wildman–Crippen MR) is 275 cm³/mol. The van der Waals surface area contributed by atoms with Crippen LogP contribution >= 0.6 is 23.2 Å². The number of allylic oxidation sites excluding steroid dienone is 5. The molecule has 4 atom stereocenters. The molecule has 8 rings (SSSR count). The number of ketones is 1. The first-order chi connectivity index (χ1) is 34.5. The molecule has 74 heavy (non-hydrogen) atoms. The molecule has 0 aromatic heterocycles. The number of phenolic OH excluding ortho intramolecular Hbond substituents is 3. The maximum Gasteiger partial charge on any atom is 0.347 e. The lowest BCUT2D eigenvalue weighted by Gasteiger charge is -2.50. The zero-order valence-corrected chi connectivity index (χ0v) is 44.8. The Kier molecular flexibility index (Phi) is 14.7. The summed E-state index contributed by atoms with van der Waals surface area (Å²) in [5.74, 6) is -6.27. The second-order valence-corrected chi connectivity index (χ2v) is 21.2. The van der Waals surface area contributed by atoms with Crippen LogP contribution in [0.2, 0.25) is 10.0 Å². The van der Waals surface area contributed by atoms with Crippen LogP contribution < -0.4 is 18.9 Å². The lowest BCUT2D eigenvalue weighted by molar-refractivity contribution is -0.184. The van der Waals surface area contributed by atoms with Crippen LogP contribution in [0.5, 0.6) is 46.0 Å². The number of phenols is 3. The fourth-order valence-electron chi connectivity index (χ4n) is 10.5. The quantitative estimate of drug-likeness (QED) is 0.0549. The molecule has 4 aliphatic heterocycles. The van der Waals surface area contributed by atoms with Crippen LogP contribution in [-0.4, -0.2) is 84.7 Å². The Balaban J connectivity index is 0.000000251. The number of carboxylic acids is 2. The minimum Gasteiger partial charge on any atom is -0.507 e. The van der Waals surface area contributed by atoms with E-state index in [2.05, 4.69) is 6.08 Å². The minimum absolute atomic E-state index is 0.0131. The second-order valence-electron chi connectivity index (χ2n) is 20.4. The number of fused-ring (bicyclic) bond motifs is 4. The Morgan fingerprint density at radius 3 is 2.04 bits per heavy atom. The molecular formula is C56H60Cl2O16. The molecule has 0 saturated carbocycles. The van der Waals surface area contributed by atoms with Gasteiger partial charge in [-0.1, -0.05) is 58.7 Å². The Labute approximate surface area is 438 Å². The summed E-state index contributed by atoms with van der Waals surface area (Å²) >= 11 is 12.2. The molecule has 3 aromatic rings. The number of carboxylic acid groups (broad SMARTS) is 2. The van der Waals surface area contributed by atoms with E-state index < -0.39 is 69.5 Å². The first-order valence-corrected chi connectivity index (χ1v) is 24.7. The third-order valence-corrected chi connectivity index (χ3v) is 15.2. The Hall–Kier alpha value is -6.75. The highest BCUT2D eigenvalue weighted by Gasteiger charge is 2.77. The number of rotatable bonds is 10. The predicted octanol–water partition coefficient (Wildman–Crippen LogP) is 12.0. The van der Waals surface area contributed by atoms with E-state index in [4.69, 9.17) is 51.6 Å². The van der Waals surface area contributed by atoms with Gasteiger partial charge in [0.25, 0.3) is 0 Å². The summed E-state index contributed by atoms with van der Waals surface area (Å²) in [6.07, 6.45) is 13.1. The molecule has 5 aliphatic rings. The van der Waals surface area contributed by atoms with Gasteiger partial charge in [0.2, 0.25) is 5.60 Å². The van der Waals surface area contributed by atoms with E-state index >= 15 is 0 Å². The third kappa shape index (κ3) is 8.87. The van der Waals surface area contributed by atoms with Gasteiger partial charge in [0.15, 0.2) is 34.4 Å². The van der Waals surface area contributed by atoms with Crippen LogP contribution in [0.4, 0.5) is 0 Å². The highest BCUT2D eigenvalue weighted by Crippen LogP contribution is 2.65. The van der Waals surface area contributed by atoms with Gasteiger partial charge >= 0.3 is 23.9 Å². The number of hydrogen-bond donors (Lipinski definition) is 5. The van der Waals surface area contributed by atoms with Crippen molar-refractivity contribution in [2.45, 2.75) is 137 Å². The molecule has 1 saturated heterocycles. The molecule has 0 amide bonds. The number of halogens is 2. The molecule has 4 unspecified atom stereocenters. The molecule has 0 radical (unpaired) electrons. The fourth-order valence-corrected chi connectivity index (χ4v) is 11.0. The average molecular weight is 1060 g/mol. The van der Waals surface area contributed by atoms with E-state index in [1.807, 2.05) is 46.8 Å². The van der Waals surface area contributed by atoms with E-state index in [1.54, 1.807) is 26.0 Å². The molecule has 4 heterocycles. The van der Waals surface area contributed by atoms with E-state index in [0.29, 0.717) is 42.6 Å². The molecular weight excluding hydrogens is 1000 g/mol. The molecule has 394 valence electrons. The first-order valence-electron chi connectivity index (χ1n) is 23.9. The van der Waals surface area contributed by atoms with Crippen LogP contribution in [0.1, 0.15) is 146 Å². The number of carbonyl (C=O) groups excluding carboxylic acids is 3. The number of methoxy groups -OCH3 is 1. The van der Waals surface area contributed by atoms with Gasteiger partial charge in [0, 0.05) is 40.2 Å². The number of hydrogen-bond acceptors (Lipinski definition) is 14. The van der Waals surface area contributed by atoms with Gasteiger partial charge in [-0.15, -0.1) is 0 Å². The largest absolute Gasteiger partial charge is 0.507 e. The van der Waals surface area contributed by atoms with E-state index in [-0.39, 0.29) is 89.7 Å². The van der Waals surface area contributed by atoms with Crippen molar-refractivity contribution in [2.24, 2.45) is 5.92 Å². The van der Waals surface area contributed by atoms with Gasteiger partial charge in [0.1, 0.15) is 50.3 Å². The van der Waals surface area contributed by atoms with Crippen molar-refractivity contribution in [1.82, 2.24) is 0 Å². The Morgan fingerprint density at radius 2 is 1.43 bits per heavy atom. The number of aliphatic carboxylic acids is 2. The first kappa shape index (κ1) is 55.0. The summed E-state index contributed by atoms with van der Waals surface area (Å²) in [7, 11) is 1.17. The van der Waals surface area contributed by atoms with E-state index in [0.717, 1.165) is 12.0 Å². The summed E-state index contributed by atoms with van der Waals surface area (Å²) in [6.45, 7) is 19.3. The van der Waals surface area contributed by atoms with Crippen molar-refractivity contribution in [3.05, 3.63) is 107 Å². The fraction of sp³-hybridized carbons (Fsp3) is 0.411. The lowest BCUT2D eigenvalue weighted by atomic mass is 9.60. The highest BCUT2D eigenvalue weighted by atomic mass is 35.5. The number of benzene rings is 3. The zero-order valence-electron chi connectivity index (χ0n) is 43.3. The standard InChI is InChI=1S/C38H46O9.C18H14Cl2O7/c1-21(2)11-10-18-36(8)19-17-24-29(39)28-30(40)26-12-9-13-27-35(6,7)47-37(34(43)44,20-16-23(5)33(41)42)38(26,27)46-32(28)25(31(24)45-36)15-14-22(3)4;1-5-9-16(11(20)13(22)10(5)19)26-14-6(2)8(17(23)25-4)12(21)7(3)15(14)27-18(9)24/h11-12,14,16-17,19,27,39H,9-10,13,15,18,20H2,1-8H3,(H,41,42)(H,43,44);21-22H,1-4H3. The monoisotopic (exact) mass is 1060 g/mol. The van der Waals surface area contributed by atoms with Crippen molar-refractivity contribution in [3.63, 3.8) is 0 Å². The second kappa shape index (κ2) is 19.8. The smallest absolute Gasteiger partial charge is 0.347 e. The maximum atomic E-state index is 14.7. The van der Waals surface area contributed by atoms with Gasteiger partial charge < -0.3 is 54.0 Å². The molecule has 5 N–H and O–H groups in total. The van der Waals surface area contributed by atoms with E-state index in [9.17, 15) is 49.5 Å². The lowest BCUT2D eigenvalue weighted by Crippen LogP contribution is -2.66. The van der Waals surface area contributed by atoms with Crippen LogP contribution in [0.15, 0.2) is 52.7 Å². The summed E-state index contributed by atoms with van der Waals surface area (Å²) in [4.78, 5) is 64.8. The van der Waals surface area contributed by atoms with Gasteiger partial charge in [0.05, 0.1) is 23.3 Å². The van der Waals surface area contributed by atoms with Crippen LogP contribution in [-0.2, 0) is 25.5 Å². The van der Waals surface area contributed by atoms with Gasteiger partial charge in [-0.05, 0) is 126 Å². The topological polar surface area (TPSA) is 242 Å². The molecule has 1 spiro atoms. The van der Waals surface area contributed by atoms with Crippen molar-refractivity contribution >= 4 is 58.9 Å². The summed E-state index contributed by atoms with van der Waals surface area (Å²) in [5, 5.41) is 52.5. The van der Waals surface area contributed by atoms with Crippen LogP contribution in [0.25, 0.3) is 6.08 Å². The zero-order chi connectivity index (χ0) is 54.9. The number of ether oxygens (including phenoxy) is 6. The molecule has 18 heteroatoms. The average Bonchev–Trinajstić information content (AvgIpc) is 3.41. The van der Waals surface area contributed by atoms with Crippen LogP contribution in [0, 0.1) is 26.7 Å². The van der Waals surface area contributed by atoms with Crippen LogP contribution in [0.3, 0.4) is 0 Å². The maximum absolute atomic E-state index is 14.7. The summed E-state index contributed by atoms with van der Waals surface area (Å²) < 4.78 is 36.1. The minimum atomic E-state index is -2.16. The molecule has 1 aliphatic carbocycles. The normalized spacial score (nSPS) is 22.6. The molecule has 3 aromatic carbocycles. The Bertz CT molecular complexity index is 3130. The summed E-state index contributed by atoms with van der Waals surface area (Å²) in [5.41, 5.74) is -2.40. The number of Topliss-reactive ketones (excluding diaryl/α,β-unsaturated/α-hetero) is 1. The number of esters is 2. The van der Waals surface area contributed by atoms with E-state index in [1.165, 1.54) is 46.5 Å². The van der Waals surface area contributed by atoms with Crippen molar-refractivity contribution in [1.29, 1.82) is 0 Å². The van der Waals surface area contributed by atoms with Crippen molar-refractivity contribution in [2.75, 3.05) is 7.11 Å². The Morgan fingerprint density at radius 1 is 0.784 bits per heavy atom. The molecule has 1 fully saturated rings. The van der Waals surface area contributed by atoms with Gasteiger partial charge in [-0.25, -0.2) is 19.2 Å². The van der Waals surface area contributed by atoms with Gasteiger partial charge in [-0.3, -0.25) is 4.79 Å².